The van der Waals surface area contributed by atoms with E-state index < -0.39 is 0 Å². The number of ether oxygens (including phenoxy) is 1. The van der Waals surface area contributed by atoms with Gasteiger partial charge < -0.3 is 10.1 Å². The summed E-state index contributed by atoms with van der Waals surface area (Å²) in [6, 6.07) is 9.19. The molecular formula is C16H27ClN2O. The molecule has 1 fully saturated rings. The molecule has 0 amide bonds. The number of rotatable bonds is 6. The van der Waals surface area contributed by atoms with Crippen LogP contribution in [0.2, 0.25) is 0 Å². The van der Waals surface area contributed by atoms with E-state index in [1.165, 1.54) is 24.9 Å². The molecule has 1 aliphatic heterocycles. The van der Waals surface area contributed by atoms with Gasteiger partial charge in [0.15, 0.2) is 0 Å². The first-order chi connectivity index (χ1) is 9.19. The minimum Gasteiger partial charge on any atom is -0.491 e. The van der Waals surface area contributed by atoms with Crippen molar-refractivity contribution in [1.29, 1.82) is 0 Å². The molecular weight excluding hydrogens is 272 g/mol. The van der Waals surface area contributed by atoms with E-state index in [0.29, 0.717) is 6.04 Å². The Morgan fingerprint density at radius 3 is 2.90 bits per heavy atom. The minimum absolute atomic E-state index is 0. The summed E-state index contributed by atoms with van der Waals surface area (Å²) in [7, 11) is 2.04. The summed E-state index contributed by atoms with van der Waals surface area (Å²) in [5, 5.41) is 3.30. The van der Waals surface area contributed by atoms with E-state index in [9.17, 15) is 0 Å². The van der Waals surface area contributed by atoms with Gasteiger partial charge in [-0.2, -0.15) is 0 Å². The molecule has 1 N–H and O–H groups in total. The number of likely N-dealkylation sites (tertiary alicyclic amines) is 1. The summed E-state index contributed by atoms with van der Waals surface area (Å²) >= 11 is 0. The van der Waals surface area contributed by atoms with Gasteiger partial charge in [0.1, 0.15) is 5.75 Å². The SMILES string of the molecule is CNCC1CCCN1Cc1cccc(OC(C)C)c1.Cl. The highest BCUT2D eigenvalue weighted by Gasteiger charge is 2.23. The zero-order valence-corrected chi connectivity index (χ0v) is 13.6. The van der Waals surface area contributed by atoms with Crippen molar-refractivity contribution >= 4 is 12.4 Å². The van der Waals surface area contributed by atoms with Gasteiger partial charge in [0.2, 0.25) is 0 Å². The van der Waals surface area contributed by atoms with Crippen LogP contribution in [0.15, 0.2) is 24.3 Å². The fourth-order valence-electron chi connectivity index (χ4n) is 2.79. The number of hydrogen-bond acceptors (Lipinski definition) is 3. The molecule has 1 saturated heterocycles. The van der Waals surface area contributed by atoms with Crippen LogP contribution in [0.4, 0.5) is 0 Å². The first-order valence-corrected chi connectivity index (χ1v) is 7.33. The molecule has 0 radical (unpaired) electrons. The normalized spacial score (nSPS) is 19.1. The van der Waals surface area contributed by atoms with Crippen molar-refractivity contribution in [3.63, 3.8) is 0 Å². The smallest absolute Gasteiger partial charge is 0.120 e. The van der Waals surface area contributed by atoms with Crippen LogP contribution in [0.25, 0.3) is 0 Å². The van der Waals surface area contributed by atoms with Gasteiger partial charge >= 0.3 is 0 Å². The highest BCUT2D eigenvalue weighted by molar-refractivity contribution is 5.85. The van der Waals surface area contributed by atoms with Gasteiger partial charge in [-0.05, 0) is 58.0 Å². The molecule has 4 heteroatoms. The summed E-state index contributed by atoms with van der Waals surface area (Å²) in [6.45, 7) is 7.46. The van der Waals surface area contributed by atoms with Crippen molar-refractivity contribution in [2.45, 2.75) is 45.4 Å². The van der Waals surface area contributed by atoms with Gasteiger partial charge in [-0.1, -0.05) is 12.1 Å². The maximum atomic E-state index is 5.76. The van der Waals surface area contributed by atoms with Gasteiger partial charge in [-0.25, -0.2) is 0 Å². The van der Waals surface area contributed by atoms with Crippen LogP contribution in [0.1, 0.15) is 32.3 Å². The van der Waals surface area contributed by atoms with Crippen LogP contribution in [0, 0.1) is 0 Å². The third-order valence-electron chi connectivity index (χ3n) is 3.59. The van der Waals surface area contributed by atoms with E-state index in [-0.39, 0.29) is 18.5 Å². The second kappa shape index (κ2) is 8.50. The average Bonchev–Trinajstić information content (AvgIpc) is 2.77. The molecule has 114 valence electrons. The molecule has 1 unspecified atom stereocenters. The quantitative estimate of drug-likeness (QED) is 0.873. The Morgan fingerprint density at radius 1 is 1.40 bits per heavy atom. The van der Waals surface area contributed by atoms with E-state index in [1.54, 1.807) is 0 Å². The molecule has 0 aliphatic carbocycles. The van der Waals surface area contributed by atoms with Crippen molar-refractivity contribution in [3.8, 4) is 5.75 Å². The third-order valence-corrected chi connectivity index (χ3v) is 3.59. The summed E-state index contributed by atoms with van der Waals surface area (Å²) in [5.74, 6) is 0.983. The van der Waals surface area contributed by atoms with Gasteiger partial charge in [0, 0.05) is 19.1 Å². The second-order valence-electron chi connectivity index (χ2n) is 5.64. The Bertz CT molecular complexity index is 398. The molecule has 1 aliphatic rings. The summed E-state index contributed by atoms with van der Waals surface area (Å²) in [4.78, 5) is 2.57. The van der Waals surface area contributed by atoms with E-state index in [4.69, 9.17) is 4.74 Å². The van der Waals surface area contributed by atoms with Crippen LogP contribution in [0.5, 0.6) is 5.75 Å². The summed E-state index contributed by atoms with van der Waals surface area (Å²) < 4.78 is 5.76. The summed E-state index contributed by atoms with van der Waals surface area (Å²) in [5.41, 5.74) is 1.35. The largest absolute Gasteiger partial charge is 0.491 e. The molecule has 1 heterocycles. The average molecular weight is 299 g/mol. The van der Waals surface area contributed by atoms with Gasteiger partial charge in [-0.15, -0.1) is 12.4 Å². The standard InChI is InChI=1S/C16H26N2O.ClH/c1-13(2)19-16-8-4-6-14(10-16)12-18-9-5-7-15(18)11-17-3;/h4,6,8,10,13,15,17H,5,7,9,11-12H2,1-3H3;1H. The number of hydrogen-bond donors (Lipinski definition) is 1. The number of halogens is 1. The molecule has 3 nitrogen and oxygen atoms in total. The molecule has 1 aromatic rings. The maximum Gasteiger partial charge on any atom is 0.120 e. The van der Waals surface area contributed by atoms with Gasteiger partial charge in [0.05, 0.1) is 6.10 Å². The van der Waals surface area contributed by atoms with E-state index in [2.05, 4.69) is 42.3 Å². The van der Waals surface area contributed by atoms with Crippen molar-refractivity contribution in [2.24, 2.45) is 0 Å². The number of benzene rings is 1. The molecule has 20 heavy (non-hydrogen) atoms. The van der Waals surface area contributed by atoms with Crippen molar-refractivity contribution in [3.05, 3.63) is 29.8 Å². The lowest BCUT2D eigenvalue weighted by atomic mass is 10.1. The Kier molecular flexibility index (Phi) is 7.35. The molecule has 0 saturated carbocycles. The third kappa shape index (κ3) is 4.97. The molecule has 1 aromatic carbocycles. The van der Waals surface area contributed by atoms with E-state index in [0.717, 1.165) is 18.8 Å². The van der Waals surface area contributed by atoms with E-state index in [1.807, 2.05) is 13.1 Å². The zero-order chi connectivity index (χ0) is 13.7. The van der Waals surface area contributed by atoms with Crippen LogP contribution >= 0.6 is 12.4 Å². The number of nitrogens with one attached hydrogen (secondary N) is 1. The molecule has 0 bridgehead atoms. The van der Waals surface area contributed by atoms with Crippen LogP contribution in [-0.2, 0) is 6.54 Å². The van der Waals surface area contributed by atoms with Gasteiger partial charge in [0.25, 0.3) is 0 Å². The topological polar surface area (TPSA) is 24.5 Å². The number of likely N-dealkylation sites (N-methyl/N-ethyl adjacent to an activating group) is 1. The first kappa shape index (κ1) is 17.3. The summed E-state index contributed by atoms with van der Waals surface area (Å²) in [6.07, 6.45) is 2.86. The highest BCUT2D eigenvalue weighted by Crippen LogP contribution is 2.22. The monoisotopic (exact) mass is 298 g/mol. The predicted octanol–water partition coefficient (Wildman–Crippen LogP) is 3.08. The van der Waals surface area contributed by atoms with E-state index >= 15 is 0 Å². The predicted molar refractivity (Wildman–Crippen MR) is 86.8 cm³/mol. The Morgan fingerprint density at radius 2 is 2.20 bits per heavy atom. The maximum absolute atomic E-state index is 5.76. The lowest BCUT2D eigenvalue weighted by Gasteiger charge is -2.24. The zero-order valence-electron chi connectivity index (χ0n) is 12.8. The van der Waals surface area contributed by atoms with Crippen molar-refractivity contribution < 1.29 is 4.74 Å². The first-order valence-electron chi connectivity index (χ1n) is 7.33. The fraction of sp³-hybridized carbons (Fsp3) is 0.625. The van der Waals surface area contributed by atoms with Crippen molar-refractivity contribution in [2.75, 3.05) is 20.1 Å². The lowest BCUT2D eigenvalue weighted by Crippen LogP contribution is -2.36. The van der Waals surface area contributed by atoms with Crippen LogP contribution in [0.3, 0.4) is 0 Å². The van der Waals surface area contributed by atoms with Crippen LogP contribution in [-0.4, -0.2) is 37.2 Å². The lowest BCUT2D eigenvalue weighted by molar-refractivity contribution is 0.235. The molecule has 0 aromatic heterocycles. The Hall–Kier alpha value is -0.770. The van der Waals surface area contributed by atoms with Crippen molar-refractivity contribution in [1.82, 2.24) is 10.2 Å². The molecule has 0 spiro atoms. The minimum atomic E-state index is 0. The molecule has 1 atom stereocenters. The van der Waals surface area contributed by atoms with Gasteiger partial charge in [-0.3, -0.25) is 4.90 Å². The Labute approximate surface area is 129 Å². The Balaban J connectivity index is 0.00000200. The fourth-order valence-corrected chi connectivity index (χ4v) is 2.79. The highest BCUT2D eigenvalue weighted by atomic mass is 35.5. The molecule has 2 rings (SSSR count). The van der Waals surface area contributed by atoms with Crippen LogP contribution < -0.4 is 10.1 Å². The number of nitrogens with zero attached hydrogens (tertiary/aromatic N) is 1. The second-order valence-corrected chi connectivity index (χ2v) is 5.64.